The van der Waals surface area contributed by atoms with Crippen LogP contribution in [-0.4, -0.2) is 40.6 Å². The van der Waals surface area contributed by atoms with Gasteiger partial charge in [0.25, 0.3) is 0 Å². The van der Waals surface area contributed by atoms with Gasteiger partial charge in [-0.05, 0) is 25.1 Å². The Labute approximate surface area is 126 Å². The number of rotatable bonds is 4. The number of carbonyl (C=O) groups is 1. The molecule has 1 aromatic carbocycles. The van der Waals surface area contributed by atoms with E-state index >= 15 is 0 Å². The van der Waals surface area contributed by atoms with Crippen LogP contribution in [0.3, 0.4) is 0 Å². The highest BCUT2D eigenvalue weighted by Gasteiger charge is 2.24. The molecule has 2 rings (SSSR count). The maximum atomic E-state index is 12.0. The van der Waals surface area contributed by atoms with Gasteiger partial charge >= 0.3 is 0 Å². The Hall–Kier alpha value is -1.93. The molecule has 0 saturated heterocycles. The van der Waals surface area contributed by atoms with Gasteiger partial charge in [0.05, 0.1) is 11.4 Å². The van der Waals surface area contributed by atoms with E-state index in [0.717, 1.165) is 6.26 Å². The number of nitrogens with zero attached hydrogens (tertiary/aromatic N) is 3. The van der Waals surface area contributed by atoms with E-state index in [9.17, 15) is 13.2 Å². The Balaban J connectivity index is 2.36. The van der Waals surface area contributed by atoms with E-state index in [1.807, 2.05) is 0 Å². The van der Waals surface area contributed by atoms with Gasteiger partial charge < -0.3 is 5.32 Å². The third-order valence-electron chi connectivity index (χ3n) is 2.89. The highest BCUT2D eigenvalue weighted by atomic mass is 35.5. The fourth-order valence-electron chi connectivity index (χ4n) is 1.57. The summed E-state index contributed by atoms with van der Waals surface area (Å²) < 4.78 is 24.3. The molecule has 1 atom stereocenters. The molecule has 0 fully saturated rings. The summed E-state index contributed by atoms with van der Waals surface area (Å²) in [5, 5.41) is 5.76. The lowest BCUT2D eigenvalue weighted by molar-refractivity contribution is -0.115. The van der Waals surface area contributed by atoms with E-state index in [0.29, 0.717) is 16.4 Å². The van der Waals surface area contributed by atoms with Gasteiger partial charge in [-0.25, -0.2) is 18.1 Å². The van der Waals surface area contributed by atoms with Crippen molar-refractivity contribution in [1.29, 1.82) is 0 Å². The largest absolute Gasteiger partial charge is 0.323 e. The molecule has 1 heterocycles. The zero-order valence-corrected chi connectivity index (χ0v) is 12.9. The van der Waals surface area contributed by atoms with Crippen LogP contribution < -0.4 is 5.32 Å². The van der Waals surface area contributed by atoms with Crippen molar-refractivity contribution in [2.24, 2.45) is 0 Å². The van der Waals surface area contributed by atoms with E-state index in [4.69, 9.17) is 11.6 Å². The number of hydrogen-bond donors (Lipinski definition) is 1. The van der Waals surface area contributed by atoms with Gasteiger partial charge in [-0.1, -0.05) is 11.6 Å². The summed E-state index contributed by atoms with van der Waals surface area (Å²) in [5.41, 5.74) is 0.888. The second-order valence-electron chi connectivity index (χ2n) is 4.46. The van der Waals surface area contributed by atoms with Gasteiger partial charge in [0.1, 0.15) is 17.9 Å². The molecule has 21 heavy (non-hydrogen) atoms. The third kappa shape index (κ3) is 3.59. The molecular weight excluding hydrogens is 316 g/mol. The van der Waals surface area contributed by atoms with Crippen molar-refractivity contribution in [3.63, 3.8) is 0 Å². The Kier molecular flexibility index (Phi) is 4.29. The first-order valence-corrected chi connectivity index (χ1v) is 8.26. The standard InChI is InChI=1S/C12H13ClN4O3S/c1-8(21(2,19)20)12(18)16-10-5-9(13)3-4-11(10)17-7-14-6-15-17/h3-8H,1-2H3,(H,16,18). The number of carbonyl (C=O) groups excluding carboxylic acids is 1. The van der Waals surface area contributed by atoms with Crippen LogP contribution in [0.2, 0.25) is 5.02 Å². The van der Waals surface area contributed by atoms with Crippen molar-refractivity contribution < 1.29 is 13.2 Å². The van der Waals surface area contributed by atoms with Crippen LogP contribution in [0.1, 0.15) is 6.92 Å². The first-order valence-electron chi connectivity index (χ1n) is 5.93. The van der Waals surface area contributed by atoms with Gasteiger partial charge in [0.15, 0.2) is 9.84 Å². The van der Waals surface area contributed by atoms with Crippen molar-refractivity contribution in [1.82, 2.24) is 14.8 Å². The van der Waals surface area contributed by atoms with E-state index in [1.165, 1.54) is 30.3 Å². The summed E-state index contributed by atoms with van der Waals surface area (Å²) in [6.07, 6.45) is 3.81. The molecule has 7 nitrogen and oxygen atoms in total. The average molecular weight is 329 g/mol. The van der Waals surface area contributed by atoms with Gasteiger partial charge in [-0.2, -0.15) is 5.10 Å². The number of aromatic nitrogens is 3. The minimum absolute atomic E-state index is 0.355. The fraction of sp³-hybridized carbons (Fsp3) is 0.250. The van der Waals surface area contributed by atoms with E-state index < -0.39 is 21.0 Å². The molecule has 0 aliphatic carbocycles. The minimum Gasteiger partial charge on any atom is -0.323 e. The number of amides is 1. The number of hydrogen-bond acceptors (Lipinski definition) is 5. The van der Waals surface area contributed by atoms with Crippen LogP contribution in [0, 0.1) is 0 Å². The van der Waals surface area contributed by atoms with E-state index in [1.54, 1.807) is 12.1 Å². The van der Waals surface area contributed by atoms with Crippen molar-refractivity contribution in [3.8, 4) is 5.69 Å². The lowest BCUT2D eigenvalue weighted by atomic mass is 10.2. The Bertz CT molecular complexity index is 759. The molecule has 112 valence electrons. The summed E-state index contributed by atoms with van der Waals surface area (Å²) in [5.74, 6) is -0.638. The molecule has 1 unspecified atom stereocenters. The van der Waals surface area contributed by atoms with Crippen LogP contribution in [0.5, 0.6) is 0 Å². The predicted molar refractivity (Wildman–Crippen MR) is 79.3 cm³/mol. The second-order valence-corrected chi connectivity index (χ2v) is 7.27. The summed E-state index contributed by atoms with van der Waals surface area (Å²) >= 11 is 5.92. The van der Waals surface area contributed by atoms with Crippen molar-refractivity contribution in [3.05, 3.63) is 35.9 Å². The van der Waals surface area contributed by atoms with Gasteiger partial charge in [0.2, 0.25) is 5.91 Å². The van der Waals surface area contributed by atoms with Crippen LogP contribution in [0.15, 0.2) is 30.9 Å². The summed E-state index contributed by atoms with van der Waals surface area (Å²) in [6.45, 7) is 1.32. The number of benzene rings is 1. The highest BCUT2D eigenvalue weighted by Crippen LogP contribution is 2.24. The van der Waals surface area contributed by atoms with Crippen molar-refractivity contribution in [2.45, 2.75) is 12.2 Å². The zero-order valence-electron chi connectivity index (χ0n) is 11.3. The minimum atomic E-state index is -3.48. The lowest BCUT2D eigenvalue weighted by Crippen LogP contribution is -2.32. The molecule has 1 N–H and O–H groups in total. The Morgan fingerprint density at radius 3 is 2.71 bits per heavy atom. The fourth-order valence-corrected chi connectivity index (χ4v) is 2.19. The number of halogens is 1. The molecule has 0 aliphatic heterocycles. The molecular formula is C12H13ClN4O3S. The SMILES string of the molecule is CC(C(=O)Nc1cc(Cl)ccc1-n1cncn1)S(C)(=O)=O. The van der Waals surface area contributed by atoms with Gasteiger partial charge in [-0.3, -0.25) is 4.79 Å². The third-order valence-corrected chi connectivity index (χ3v) is 4.63. The van der Waals surface area contributed by atoms with Crippen LogP contribution in [-0.2, 0) is 14.6 Å². The molecule has 9 heteroatoms. The normalized spacial score (nSPS) is 12.9. The zero-order chi connectivity index (χ0) is 15.6. The van der Waals surface area contributed by atoms with E-state index in [-0.39, 0.29) is 0 Å². The summed E-state index contributed by atoms with van der Waals surface area (Å²) in [6, 6.07) is 4.80. The molecule has 0 radical (unpaired) electrons. The molecule has 0 bridgehead atoms. The summed E-state index contributed by atoms with van der Waals surface area (Å²) in [7, 11) is -3.48. The van der Waals surface area contributed by atoms with Crippen LogP contribution in [0.4, 0.5) is 5.69 Å². The van der Waals surface area contributed by atoms with Crippen LogP contribution in [0.25, 0.3) is 5.69 Å². The Morgan fingerprint density at radius 1 is 1.43 bits per heavy atom. The van der Waals surface area contributed by atoms with Crippen LogP contribution >= 0.6 is 11.6 Å². The number of nitrogens with one attached hydrogen (secondary N) is 1. The molecule has 0 spiro atoms. The van der Waals surface area contributed by atoms with Gasteiger partial charge in [0, 0.05) is 11.3 Å². The smallest absolute Gasteiger partial charge is 0.242 e. The lowest BCUT2D eigenvalue weighted by Gasteiger charge is -2.14. The molecule has 1 aromatic heterocycles. The maximum absolute atomic E-state index is 12.0. The topological polar surface area (TPSA) is 93.9 Å². The Morgan fingerprint density at radius 2 is 2.14 bits per heavy atom. The molecule has 0 aliphatic rings. The van der Waals surface area contributed by atoms with E-state index in [2.05, 4.69) is 15.4 Å². The van der Waals surface area contributed by atoms with Crippen molar-refractivity contribution in [2.75, 3.05) is 11.6 Å². The summed E-state index contributed by atoms with van der Waals surface area (Å²) in [4.78, 5) is 15.8. The highest BCUT2D eigenvalue weighted by molar-refractivity contribution is 7.92. The predicted octanol–water partition coefficient (Wildman–Crippen LogP) is 1.29. The second kappa shape index (κ2) is 5.82. The quantitative estimate of drug-likeness (QED) is 0.912. The van der Waals surface area contributed by atoms with Crippen molar-refractivity contribution >= 4 is 33.0 Å². The molecule has 0 saturated carbocycles. The number of anilines is 1. The average Bonchev–Trinajstić information content (AvgIpc) is 2.90. The monoisotopic (exact) mass is 328 g/mol. The molecule has 2 aromatic rings. The number of sulfone groups is 1. The first kappa shape index (κ1) is 15.5. The maximum Gasteiger partial charge on any atom is 0.242 e. The van der Waals surface area contributed by atoms with Gasteiger partial charge in [-0.15, -0.1) is 0 Å². The first-order chi connectivity index (χ1) is 9.79. The molecule has 1 amide bonds.